The molecule has 3 amide bonds. The average Bonchev–Trinajstić information content (AvgIpc) is 2.37. The largest absolute Gasteiger partial charge is 0.478 e. The zero-order chi connectivity index (χ0) is 15.5. The van der Waals surface area contributed by atoms with Crippen LogP contribution in [0.2, 0.25) is 5.02 Å². The van der Waals surface area contributed by atoms with Crippen LogP contribution in [0.25, 0.3) is 0 Å². The molecular formula is C12H12Cl2N2O4. The molecule has 108 valence electrons. The first-order valence-electron chi connectivity index (χ1n) is 5.44. The third-order valence-electron chi connectivity index (χ3n) is 2.60. The van der Waals surface area contributed by atoms with Crippen LogP contribution in [0.3, 0.4) is 0 Å². The second kappa shape index (κ2) is 6.11. The number of carboxylic acid groups (broad SMARTS) is 1. The number of benzene rings is 1. The predicted octanol–water partition coefficient (Wildman–Crippen LogP) is 2.00. The topological polar surface area (TPSA) is 86.7 Å². The number of carbonyl (C=O) groups excluding carboxylic acids is 2. The number of halogens is 2. The fraction of sp³-hybridized carbons (Fsp3) is 0.250. The molecule has 0 fully saturated rings. The summed E-state index contributed by atoms with van der Waals surface area (Å²) in [5, 5.41) is 11.4. The Morgan fingerprint density at radius 3 is 2.30 bits per heavy atom. The third-order valence-corrected chi connectivity index (χ3v) is 3.39. The minimum absolute atomic E-state index is 0.00105. The van der Waals surface area contributed by atoms with Crippen molar-refractivity contribution in [3.8, 4) is 0 Å². The molecule has 0 aliphatic carbocycles. The first kappa shape index (κ1) is 16.3. The number of nitrogens with zero attached hydrogens (tertiary/aromatic N) is 1. The molecule has 0 aromatic heterocycles. The van der Waals surface area contributed by atoms with E-state index in [-0.39, 0.29) is 10.6 Å². The van der Waals surface area contributed by atoms with Gasteiger partial charge in [-0.1, -0.05) is 41.4 Å². The summed E-state index contributed by atoms with van der Waals surface area (Å²) >= 11 is 11.9. The molecule has 1 atom stereocenters. The Kier molecular flexibility index (Phi) is 4.97. The van der Waals surface area contributed by atoms with E-state index in [1.165, 1.54) is 25.2 Å². The van der Waals surface area contributed by atoms with Gasteiger partial charge < -0.3 is 10.4 Å². The van der Waals surface area contributed by atoms with Crippen LogP contribution in [0.1, 0.15) is 12.5 Å². The van der Waals surface area contributed by atoms with Gasteiger partial charge in [-0.2, -0.15) is 0 Å². The highest BCUT2D eigenvalue weighted by molar-refractivity contribution is 6.38. The summed E-state index contributed by atoms with van der Waals surface area (Å²) in [4.78, 5) is 32.7. The fourth-order valence-corrected chi connectivity index (χ4v) is 1.92. The maximum Gasteiger partial charge on any atom is 0.350 e. The van der Waals surface area contributed by atoms with Gasteiger partial charge in [-0.05, 0) is 6.07 Å². The molecule has 0 aliphatic rings. The van der Waals surface area contributed by atoms with Crippen molar-refractivity contribution >= 4 is 41.1 Å². The highest BCUT2D eigenvalue weighted by atomic mass is 35.5. The Morgan fingerprint density at radius 1 is 1.30 bits per heavy atom. The number of rotatable bonds is 3. The lowest BCUT2D eigenvalue weighted by Crippen LogP contribution is -2.52. The summed E-state index contributed by atoms with van der Waals surface area (Å²) in [6.45, 7) is 1.16. The number of hydrogen-bond donors (Lipinski definition) is 2. The first-order valence-corrected chi connectivity index (χ1v) is 6.19. The van der Waals surface area contributed by atoms with E-state index >= 15 is 0 Å². The van der Waals surface area contributed by atoms with Gasteiger partial charge in [-0.25, -0.2) is 9.59 Å². The van der Waals surface area contributed by atoms with Crippen molar-refractivity contribution in [3.63, 3.8) is 0 Å². The Morgan fingerprint density at radius 2 is 1.85 bits per heavy atom. The standard InChI is InChI=1S/C12H12Cl2N2O4/c1-7(17)16(2)11(20)15-12(14,10(18)19)8-5-3-4-6-9(8)13/h3-6H,1-2H3,(H,15,20)(H,18,19). The predicted molar refractivity (Wildman–Crippen MR) is 73.6 cm³/mol. The number of hydrogen-bond acceptors (Lipinski definition) is 3. The SMILES string of the molecule is CC(=O)N(C)C(=O)NC(Cl)(C(=O)O)c1ccccc1Cl. The highest BCUT2D eigenvalue weighted by Crippen LogP contribution is 2.32. The smallest absolute Gasteiger partial charge is 0.350 e. The quantitative estimate of drug-likeness (QED) is 0.659. The Labute approximate surface area is 125 Å². The second-order valence-corrected chi connectivity index (χ2v) is 4.93. The molecule has 1 unspecified atom stereocenters. The van der Waals surface area contributed by atoms with E-state index in [2.05, 4.69) is 5.32 Å². The van der Waals surface area contributed by atoms with Gasteiger partial charge >= 0.3 is 12.0 Å². The van der Waals surface area contributed by atoms with Crippen LogP contribution in [0, 0.1) is 0 Å². The van der Waals surface area contributed by atoms with Crippen molar-refractivity contribution in [1.82, 2.24) is 10.2 Å². The van der Waals surface area contributed by atoms with E-state index in [0.717, 1.165) is 6.92 Å². The number of carboxylic acids is 1. The van der Waals surface area contributed by atoms with Gasteiger partial charge in [0, 0.05) is 24.6 Å². The van der Waals surface area contributed by atoms with E-state index in [0.29, 0.717) is 4.90 Å². The van der Waals surface area contributed by atoms with Gasteiger partial charge in [0.15, 0.2) is 0 Å². The second-order valence-electron chi connectivity index (χ2n) is 3.95. The summed E-state index contributed by atoms with van der Waals surface area (Å²) in [5.41, 5.74) is 0.00105. The minimum Gasteiger partial charge on any atom is -0.478 e. The molecule has 1 aromatic rings. The number of amides is 3. The summed E-state index contributed by atoms with van der Waals surface area (Å²) in [6, 6.07) is 4.99. The Balaban J connectivity index is 3.18. The van der Waals surface area contributed by atoms with Crippen molar-refractivity contribution in [2.75, 3.05) is 7.05 Å². The van der Waals surface area contributed by atoms with Gasteiger partial charge in [-0.15, -0.1) is 0 Å². The van der Waals surface area contributed by atoms with E-state index in [9.17, 15) is 19.5 Å². The van der Waals surface area contributed by atoms with Crippen LogP contribution in [-0.4, -0.2) is 35.0 Å². The van der Waals surface area contributed by atoms with E-state index in [1.54, 1.807) is 6.07 Å². The number of urea groups is 1. The van der Waals surface area contributed by atoms with E-state index in [1.807, 2.05) is 0 Å². The number of aliphatic carboxylic acids is 1. The number of alkyl halides is 1. The van der Waals surface area contributed by atoms with Crippen LogP contribution < -0.4 is 5.32 Å². The molecule has 0 saturated carbocycles. The van der Waals surface area contributed by atoms with Gasteiger partial charge in [0.1, 0.15) is 0 Å². The van der Waals surface area contributed by atoms with Gasteiger partial charge in [-0.3, -0.25) is 9.69 Å². The summed E-state index contributed by atoms with van der Waals surface area (Å²) in [5.74, 6) is -2.08. The number of nitrogens with one attached hydrogen (secondary N) is 1. The molecule has 1 aromatic carbocycles. The van der Waals surface area contributed by atoms with Crippen molar-refractivity contribution in [2.45, 2.75) is 11.9 Å². The molecule has 8 heteroatoms. The highest BCUT2D eigenvalue weighted by Gasteiger charge is 2.42. The van der Waals surface area contributed by atoms with Crippen molar-refractivity contribution < 1.29 is 19.5 Å². The van der Waals surface area contributed by atoms with Crippen molar-refractivity contribution in [1.29, 1.82) is 0 Å². The maximum absolute atomic E-state index is 11.8. The Hall–Kier alpha value is -1.79. The molecule has 0 heterocycles. The van der Waals surface area contributed by atoms with Crippen LogP contribution in [0.15, 0.2) is 24.3 Å². The van der Waals surface area contributed by atoms with E-state index in [4.69, 9.17) is 23.2 Å². The van der Waals surface area contributed by atoms with Crippen LogP contribution in [0.4, 0.5) is 4.79 Å². The molecule has 0 radical (unpaired) electrons. The molecular weight excluding hydrogens is 307 g/mol. The summed E-state index contributed by atoms with van der Waals surface area (Å²) < 4.78 is 0. The zero-order valence-electron chi connectivity index (χ0n) is 10.7. The van der Waals surface area contributed by atoms with Crippen molar-refractivity contribution in [2.24, 2.45) is 0 Å². The van der Waals surface area contributed by atoms with Crippen LogP contribution >= 0.6 is 23.2 Å². The number of imide groups is 1. The fourth-order valence-electron chi connectivity index (χ4n) is 1.35. The normalized spacial score (nSPS) is 13.2. The molecule has 0 aliphatic heterocycles. The molecule has 2 N–H and O–H groups in total. The van der Waals surface area contributed by atoms with Gasteiger partial charge in [0.05, 0.1) is 0 Å². The lowest BCUT2D eigenvalue weighted by molar-refractivity contribution is -0.141. The number of carbonyl (C=O) groups is 3. The van der Waals surface area contributed by atoms with E-state index < -0.39 is 22.9 Å². The van der Waals surface area contributed by atoms with Gasteiger partial charge in [0.25, 0.3) is 0 Å². The monoisotopic (exact) mass is 318 g/mol. The summed E-state index contributed by atoms with van der Waals surface area (Å²) in [6.07, 6.45) is 0. The molecule has 0 bridgehead atoms. The molecule has 0 spiro atoms. The van der Waals surface area contributed by atoms with Crippen LogP contribution in [-0.2, 0) is 14.6 Å². The molecule has 0 saturated heterocycles. The molecule has 1 rings (SSSR count). The zero-order valence-corrected chi connectivity index (χ0v) is 12.2. The lowest BCUT2D eigenvalue weighted by Gasteiger charge is -2.27. The maximum atomic E-state index is 11.8. The van der Waals surface area contributed by atoms with Crippen molar-refractivity contribution in [3.05, 3.63) is 34.9 Å². The summed E-state index contributed by atoms with van der Waals surface area (Å²) in [7, 11) is 1.20. The lowest BCUT2D eigenvalue weighted by atomic mass is 10.1. The third kappa shape index (κ3) is 3.20. The van der Waals surface area contributed by atoms with Gasteiger partial charge in [0.2, 0.25) is 10.9 Å². The van der Waals surface area contributed by atoms with Crippen LogP contribution in [0.5, 0.6) is 0 Å². The molecule has 6 nitrogen and oxygen atoms in total. The Bertz CT molecular complexity index is 564. The first-order chi connectivity index (χ1) is 9.20. The molecule has 20 heavy (non-hydrogen) atoms. The minimum atomic E-state index is -2.26. The average molecular weight is 319 g/mol.